The van der Waals surface area contributed by atoms with Crippen LogP contribution >= 0.6 is 27.5 Å². The second-order valence-corrected chi connectivity index (χ2v) is 4.64. The van der Waals surface area contributed by atoms with E-state index in [1.165, 1.54) is 0 Å². The molecule has 1 aromatic rings. The van der Waals surface area contributed by atoms with Gasteiger partial charge >= 0.3 is 5.97 Å². The number of carbonyl (C=O) groups is 2. The van der Waals surface area contributed by atoms with E-state index in [-0.39, 0.29) is 12.4 Å². The van der Waals surface area contributed by atoms with E-state index in [0.717, 1.165) is 10.0 Å². The SMILES string of the molecule is CCOC(=O)CCc1ccc(Br)cc1C(=O)Cl. The highest BCUT2D eigenvalue weighted by molar-refractivity contribution is 9.10. The molecule has 0 saturated carbocycles. The van der Waals surface area contributed by atoms with Gasteiger partial charge in [0.05, 0.1) is 6.61 Å². The minimum atomic E-state index is -0.523. The van der Waals surface area contributed by atoms with Crippen molar-refractivity contribution in [3.8, 4) is 0 Å². The van der Waals surface area contributed by atoms with Crippen LogP contribution in [0.4, 0.5) is 0 Å². The van der Waals surface area contributed by atoms with Crippen LogP contribution in [0.25, 0.3) is 0 Å². The van der Waals surface area contributed by atoms with Crippen molar-refractivity contribution in [1.82, 2.24) is 0 Å². The first-order valence-electron chi connectivity index (χ1n) is 5.18. The Morgan fingerprint density at radius 2 is 2.12 bits per heavy atom. The maximum atomic E-state index is 11.2. The molecule has 0 aliphatic carbocycles. The molecule has 0 N–H and O–H groups in total. The van der Waals surface area contributed by atoms with Crippen LogP contribution in [0.2, 0.25) is 0 Å². The normalized spacial score (nSPS) is 10.1. The smallest absolute Gasteiger partial charge is 0.306 e. The predicted molar refractivity (Wildman–Crippen MR) is 69.3 cm³/mol. The second-order valence-electron chi connectivity index (χ2n) is 3.38. The Morgan fingerprint density at radius 1 is 1.41 bits per heavy atom. The molecule has 1 aromatic carbocycles. The molecule has 3 nitrogen and oxygen atoms in total. The van der Waals surface area contributed by atoms with Crippen molar-refractivity contribution in [3.05, 3.63) is 33.8 Å². The molecular formula is C12H12BrClO3. The average Bonchev–Trinajstić information content (AvgIpc) is 2.27. The van der Waals surface area contributed by atoms with Crippen molar-refractivity contribution in [2.45, 2.75) is 19.8 Å². The van der Waals surface area contributed by atoms with Crippen LogP contribution in [0.5, 0.6) is 0 Å². The highest BCUT2D eigenvalue weighted by atomic mass is 79.9. The molecule has 0 radical (unpaired) electrons. The van der Waals surface area contributed by atoms with Crippen molar-refractivity contribution >= 4 is 38.7 Å². The Hall–Kier alpha value is -0.870. The van der Waals surface area contributed by atoms with Gasteiger partial charge in [-0.15, -0.1) is 0 Å². The Bertz CT molecular complexity index is 432. The Morgan fingerprint density at radius 3 is 2.71 bits per heavy atom. The molecule has 0 aliphatic rings. The summed E-state index contributed by atoms with van der Waals surface area (Å²) in [5, 5.41) is -0.523. The topological polar surface area (TPSA) is 43.4 Å². The van der Waals surface area contributed by atoms with Gasteiger partial charge in [0.15, 0.2) is 0 Å². The quantitative estimate of drug-likeness (QED) is 0.617. The fraction of sp³-hybridized carbons (Fsp3) is 0.333. The van der Waals surface area contributed by atoms with Gasteiger partial charge in [0.2, 0.25) is 0 Å². The second kappa shape index (κ2) is 6.77. The van der Waals surface area contributed by atoms with Gasteiger partial charge in [0.1, 0.15) is 0 Å². The Labute approximate surface area is 113 Å². The summed E-state index contributed by atoms with van der Waals surface area (Å²) in [7, 11) is 0. The van der Waals surface area contributed by atoms with Crippen molar-refractivity contribution in [3.63, 3.8) is 0 Å². The summed E-state index contributed by atoms with van der Waals surface area (Å²) < 4.78 is 5.60. The summed E-state index contributed by atoms with van der Waals surface area (Å²) in [5.74, 6) is -0.275. The lowest BCUT2D eigenvalue weighted by Crippen LogP contribution is -2.07. The number of rotatable bonds is 5. The molecule has 0 amide bonds. The third-order valence-corrected chi connectivity index (χ3v) is 2.88. The molecule has 0 unspecified atom stereocenters. The first kappa shape index (κ1) is 14.2. The van der Waals surface area contributed by atoms with E-state index in [0.29, 0.717) is 18.6 Å². The van der Waals surface area contributed by atoms with Crippen LogP contribution in [0.15, 0.2) is 22.7 Å². The molecule has 1 rings (SSSR count). The maximum Gasteiger partial charge on any atom is 0.306 e. The van der Waals surface area contributed by atoms with Crippen LogP contribution in [-0.4, -0.2) is 17.8 Å². The van der Waals surface area contributed by atoms with Gasteiger partial charge in [0.25, 0.3) is 5.24 Å². The van der Waals surface area contributed by atoms with Gasteiger partial charge in [-0.1, -0.05) is 22.0 Å². The molecule has 0 saturated heterocycles. The summed E-state index contributed by atoms with van der Waals surface area (Å²) in [6.45, 7) is 2.12. The van der Waals surface area contributed by atoms with E-state index >= 15 is 0 Å². The molecule has 5 heteroatoms. The fourth-order valence-corrected chi connectivity index (χ4v) is 1.96. The molecular weight excluding hydrogens is 307 g/mol. The molecule has 0 heterocycles. The first-order valence-corrected chi connectivity index (χ1v) is 6.35. The third kappa shape index (κ3) is 4.48. The van der Waals surface area contributed by atoms with Gasteiger partial charge < -0.3 is 4.74 Å². The summed E-state index contributed by atoms with van der Waals surface area (Å²) in [6.07, 6.45) is 0.687. The van der Waals surface area contributed by atoms with Gasteiger partial charge in [-0.05, 0) is 42.6 Å². The van der Waals surface area contributed by atoms with E-state index < -0.39 is 5.24 Å². The number of halogens is 2. The van der Waals surface area contributed by atoms with Crippen molar-refractivity contribution in [2.75, 3.05) is 6.61 Å². The first-order chi connectivity index (χ1) is 8.04. The van der Waals surface area contributed by atoms with E-state index in [4.69, 9.17) is 16.3 Å². The number of esters is 1. The van der Waals surface area contributed by atoms with E-state index in [1.54, 1.807) is 19.1 Å². The highest BCUT2D eigenvalue weighted by Crippen LogP contribution is 2.20. The average molecular weight is 320 g/mol. The van der Waals surface area contributed by atoms with Crippen molar-refractivity contribution in [2.24, 2.45) is 0 Å². The monoisotopic (exact) mass is 318 g/mol. The van der Waals surface area contributed by atoms with Crippen molar-refractivity contribution < 1.29 is 14.3 Å². The minimum Gasteiger partial charge on any atom is -0.466 e. The summed E-state index contributed by atoms with van der Waals surface area (Å²) in [6, 6.07) is 5.23. The van der Waals surface area contributed by atoms with Crippen LogP contribution in [0.1, 0.15) is 29.3 Å². The predicted octanol–water partition coefficient (Wildman–Crippen LogP) is 3.32. The Balaban J connectivity index is 2.77. The molecule has 0 fully saturated rings. The lowest BCUT2D eigenvalue weighted by atomic mass is 10.0. The number of hydrogen-bond donors (Lipinski definition) is 0. The number of aryl methyl sites for hydroxylation is 1. The van der Waals surface area contributed by atoms with Gasteiger partial charge in [-0.3, -0.25) is 9.59 Å². The molecule has 17 heavy (non-hydrogen) atoms. The van der Waals surface area contributed by atoms with E-state index in [1.807, 2.05) is 6.07 Å². The molecule has 0 bridgehead atoms. The standard InChI is InChI=1S/C12H12BrClO3/c1-2-17-11(15)6-4-8-3-5-9(13)7-10(8)12(14)16/h3,5,7H,2,4,6H2,1H3. The maximum absolute atomic E-state index is 11.2. The summed E-state index contributed by atoms with van der Waals surface area (Å²) in [5.41, 5.74) is 1.17. The zero-order chi connectivity index (χ0) is 12.8. The van der Waals surface area contributed by atoms with Gasteiger partial charge in [-0.25, -0.2) is 0 Å². The summed E-state index contributed by atoms with van der Waals surface area (Å²) >= 11 is 8.75. The van der Waals surface area contributed by atoms with Gasteiger partial charge in [-0.2, -0.15) is 0 Å². The van der Waals surface area contributed by atoms with Crippen molar-refractivity contribution in [1.29, 1.82) is 0 Å². The molecule has 0 atom stereocenters. The number of carbonyl (C=O) groups excluding carboxylic acids is 2. The van der Waals surface area contributed by atoms with Crippen LogP contribution < -0.4 is 0 Å². The highest BCUT2D eigenvalue weighted by Gasteiger charge is 2.11. The largest absolute Gasteiger partial charge is 0.466 e. The third-order valence-electron chi connectivity index (χ3n) is 2.19. The minimum absolute atomic E-state index is 0.243. The van der Waals surface area contributed by atoms with Crippen LogP contribution in [0, 0.1) is 0 Å². The van der Waals surface area contributed by atoms with Gasteiger partial charge in [0, 0.05) is 16.5 Å². The molecule has 0 aliphatic heterocycles. The molecule has 0 aromatic heterocycles. The summed E-state index contributed by atoms with van der Waals surface area (Å²) in [4.78, 5) is 22.4. The number of ether oxygens (including phenoxy) is 1. The Kier molecular flexibility index (Phi) is 5.65. The zero-order valence-corrected chi connectivity index (χ0v) is 11.7. The molecule has 92 valence electrons. The van der Waals surface area contributed by atoms with E-state index in [2.05, 4.69) is 15.9 Å². The fourth-order valence-electron chi connectivity index (χ4n) is 1.42. The lowest BCUT2D eigenvalue weighted by molar-refractivity contribution is -0.143. The van der Waals surface area contributed by atoms with Crippen LogP contribution in [0.3, 0.4) is 0 Å². The van der Waals surface area contributed by atoms with E-state index in [9.17, 15) is 9.59 Å². The molecule has 0 spiro atoms. The number of benzene rings is 1. The lowest BCUT2D eigenvalue weighted by Gasteiger charge is -2.06. The number of hydrogen-bond acceptors (Lipinski definition) is 3. The zero-order valence-electron chi connectivity index (χ0n) is 9.33. The van der Waals surface area contributed by atoms with Crippen LogP contribution in [-0.2, 0) is 16.0 Å².